The first-order chi connectivity index (χ1) is 5.29. The summed E-state index contributed by atoms with van der Waals surface area (Å²) >= 11 is 3.33. The molecule has 0 fully saturated rings. The smallest absolute Gasteiger partial charge is 0.110 e. The van der Waals surface area contributed by atoms with Gasteiger partial charge < -0.3 is 0 Å². The summed E-state index contributed by atoms with van der Waals surface area (Å²) in [6.07, 6.45) is 0. The third-order valence-corrected chi connectivity index (χ3v) is 3.66. The Balaban J connectivity index is 2.76. The van der Waals surface area contributed by atoms with Gasteiger partial charge in [0.05, 0.1) is 4.01 Å². The van der Waals surface area contributed by atoms with Crippen LogP contribution in [0.4, 0.5) is 0 Å². The van der Waals surface area contributed by atoms with Gasteiger partial charge in [-0.3, -0.25) is 0 Å². The van der Waals surface area contributed by atoms with Crippen LogP contribution in [0.2, 0.25) is 0 Å². The zero-order chi connectivity index (χ0) is 7.84. The van der Waals surface area contributed by atoms with E-state index in [2.05, 4.69) is 19.1 Å². The van der Waals surface area contributed by atoms with Crippen molar-refractivity contribution < 1.29 is 0 Å². The molecule has 0 aliphatic heterocycles. The highest BCUT2D eigenvalue weighted by Gasteiger charge is 2.02. The Morgan fingerprint density at radius 2 is 2.18 bits per heavy atom. The normalized spacial score (nSPS) is 10.2. The summed E-state index contributed by atoms with van der Waals surface area (Å²) < 4.78 is 1.26. The van der Waals surface area contributed by atoms with Gasteiger partial charge >= 0.3 is 0 Å². The van der Waals surface area contributed by atoms with Crippen molar-refractivity contribution in [3.63, 3.8) is 0 Å². The fourth-order valence-electron chi connectivity index (χ4n) is 1.02. The van der Waals surface area contributed by atoms with Crippen LogP contribution in [-0.2, 0) is 0 Å². The molecule has 0 saturated heterocycles. The van der Waals surface area contributed by atoms with E-state index in [1.165, 1.54) is 14.3 Å². The van der Waals surface area contributed by atoms with Crippen molar-refractivity contribution in [1.29, 1.82) is 5.26 Å². The average Bonchev–Trinajstić information content (AvgIpc) is 2.43. The van der Waals surface area contributed by atoms with E-state index in [4.69, 9.17) is 5.26 Å². The van der Waals surface area contributed by atoms with Gasteiger partial charge in [-0.25, -0.2) is 0 Å². The predicted octanol–water partition coefficient (Wildman–Crippen LogP) is 3.14. The maximum absolute atomic E-state index is 8.59. The molecule has 0 aliphatic carbocycles. The molecule has 11 heavy (non-hydrogen) atoms. The average molecular weight is 179 g/mol. The fourth-order valence-corrected chi connectivity index (χ4v) is 3.23. The first kappa shape index (κ1) is 6.84. The van der Waals surface area contributed by atoms with Crippen LogP contribution in [0.5, 0.6) is 0 Å². The van der Waals surface area contributed by atoms with Crippen LogP contribution in [-0.4, -0.2) is 0 Å². The summed E-state index contributed by atoms with van der Waals surface area (Å²) in [5.74, 6) is 0. The molecule has 0 aliphatic rings. The van der Waals surface area contributed by atoms with Gasteiger partial charge in [0.15, 0.2) is 0 Å². The number of aryl methyl sites for hydroxylation is 1. The summed E-state index contributed by atoms with van der Waals surface area (Å²) in [6.45, 7) is 2.09. The van der Waals surface area contributed by atoms with Crippen molar-refractivity contribution in [2.75, 3.05) is 0 Å². The van der Waals surface area contributed by atoms with E-state index in [9.17, 15) is 0 Å². The molecule has 0 bridgehead atoms. The van der Waals surface area contributed by atoms with Crippen molar-refractivity contribution in [3.8, 4) is 6.07 Å². The van der Waals surface area contributed by atoms with E-state index >= 15 is 0 Å². The molecule has 2 rings (SSSR count). The lowest BCUT2D eigenvalue weighted by Crippen LogP contribution is -1.55. The number of hydrogen-bond donors (Lipinski definition) is 0. The van der Waals surface area contributed by atoms with Crippen LogP contribution in [0, 0.1) is 18.3 Å². The number of thiophene rings is 2. The molecule has 2 aromatic rings. The minimum absolute atomic E-state index is 0.811. The zero-order valence-electron chi connectivity index (χ0n) is 5.92. The topological polar surface area (TPSA) is 23.8 Å². The second-order valence-corrected chi connectivity index (χ2v) is 4.89. The second kappa shape index (κ2) is 2.33. The van der Waals surface area contributed by atoms with Gasteiger partial charge in [-0.2, -0.15) is 5.26 Å². The Morgan fingerprint density at radius 3 is 2.82 bits per heavy atom. The molecule has 0 aromatic carbocycles. The maximum atomic E-state index is 8.59. The molecule has 0 saturated carbocycles. The zero-order valence-corrected chi connectivity index (χ0v) is 7.55. The van der Waals surface area contributed by atoms with E-state index in [1.54, 1.807) is 22.7 Å². The third kappa shape index (κ3) is 1.05. The quantitative estimate of drug-likeness (QED) is 0.609. The number of hydrogen-bond acceptors (Lipinski definition) is 3. The van der Waals surface area contributed by atoms with Gasteiger partial charge in [0.1, 0.15) is 10.9 Å². The molecule has 0 atom stereocenters. The van der Waals surface area contributed by atoms with Gasteiger partial charge in [0, 0.05) is 10.3 Å². The van der Waals surface area contributed by atoms with E-state index < -0.39 is 0 Å². The first-order valence-electron chi connectivity index (χ1n) is 3.19. The van der Waals surface area contributed by atoms with Crippen LogP contribution in [0.25, 0.3) is 9.40 Å². The summed E-state index contributed by atoms with van der Waals surface area (Å²) in [6, 6.07) is 6.22. The molecule has 2 aromatic heterocycles. The Kier molecular flexibility index (Phi) is 1.45. The number of rotatable bonds is 0. The molecule has 0 radical (unpaired) electrons. The molecular formula is C8H5NS2. The minimum atomic E-state index is 0.811. The summed E-state index contributed by atoms with van der Waals surface area (Å²) in [5, 5.41) is 9.81. The van der Waals surface area contributed by atoms with Gasteiger partial charge in [0.25, 0.3) is 0 Å². The number of nitriles is 1. The fraction of sp³-hybridized carbons (Fsp3) is 0.125. The first-order valence-corrected chi connectivity index (χ1v) is 4.83. The van der Waals surface area contributed by atoms with Crippen molar-refractivity contribution in [2.45, 2.75) is 6.92 Å². The molecule has 3 heteroatoms. The Morgan fingerprint density at radius 1 is 1.36 bits per heavy atom. The lowest BCUT2D eigenvalue weighted by Gasteiger charge is -1.73. The molecule has 2 heterocycles. The van der Waals surface area contributed by atoms with Crippen molar-refractivity contribution in [2.24, 2.45) is 0 Å². The lowest BCUT2D eigenvalue weighted by atomic mass is 10.3. The third-order valence-electron chi connectivity index (χ3n) is 1.45. The molecule has 0 spiro atoms. The lowest BCUT2D eigenvalue weighted by molar-refractivity contribution is 1.52. The van der Waals surface area contributed by atoms with Crippen LogP contribution in [0.3, 0.4) is 0 Å². The largest absolute Gasteiger partial charge is 0.192 e. The molecular weight excluding hydrogens is 174 g/mol. The van der Waals surface area contributed by atoms with E-state index in [-0.39, 0.29) is 0 Å². The summed E-state index contributed by atoms with van der Waals surface area (Å²) in [7, 11) is 0. The molecule has 0 N–H and O–H groups in total. The number of nitrogens with zero attached hydrogens (tertiary/aromatic N) is 1. The maximum Gasteiger partial charge on any atom is 0.110 e. The summed E-state index contributed by atoms with van der Waals surface area (Å²) in [4.78, 5) is 2.13. The van der Waals surface area contributed by atoms with Gasteiger partial charge in [-0.15, -0.1) is 22.7 Å². The number of fused-ring (bicyclic) bond motifs is 1. The monoisotopic (exact) mass is 179 g/mol. The summed E-state index contributed by atoms with van der Waals surface area (Å²) in [5.41, 5.74) is 0. The molecule has 1 nitrogen and oxygen atoms in total. The Hall–Kier alpha value is -0.850. The highest BCUT2D eigenvalue weighted by Crippen LogP contribution is 2.32. The van der Waals surface area contributed by atoms with Crippen molar-refractivity contribution in [1.82, 2.24) is 0 Å². The van der Waals surface area contributed by atoms with Crippen molar-refractivity contribution >= 4 is 32.1 Å². The van der Waals surface area contributed by atoms with E-state index in [1.807, 2.05) is 6.07 Å². The van der Waals surface area contributed by atoms with E-state index in [0.29, 0.717) is 0 Å². The predicted molar refractivity (Wildman–Crippen MR) is 49.2 cm³/mol. The van der Waals surface area contributed by atoms with Crippen LogP contribution >= 0.6 is 22.7 Å². The highest BCUT2D eigenvalue weighted by molar-refractivity contribution is 7.38. The second-order valence-electron chi connectivity index (χ2n) is 2.32. The molecule has 54 valence electrons. The SMILES string of the molecule is Cc1cc2cc(C#N)sc2s1. The molecule has 0 unspecified atom stereocenters. The Bertz CT molecular complexity index is 399. The van der Waals surface area contributed by atoms with Gasteiger partial charge in [-0.1, -0.05) is 0 Å². The van der Waals surface area contributed by atoms with Crippen molar-refractivity contribution in [3.05, 3.63) is 21.9 Å². The minimum Gasteiger partial charge on any atom is -0.192 e. The van der Waals surface area contributed by atoms with Crippen LogP contribution in [0.15, 0.2) is 12.1 Å². The standard InChI is InChI=1S/C8H5NS2/c1-5-2-6-3-7(4-9)11-8(6)10-5/h2-3H,1H3. The van der Waals surface area contributed by atoms with Crippen LogP contribution in [0.1, 0.15) is 9.75 Å². The highest BCUT2D eigenvalue weighted by atomic mass is 32.2. The Labute approximate surface area is 72.5 Å². The van der Waals surface area contributed by atoms with E-state index in [0.717, 1.165) is 4.88 Å². The molecule has 0 amide bonds. The van der Waals surface area contributed by atoms with Crippen LogP contribution < -0.4 is 0 Å². The van der Waals surface area contributed by atoms with Gasteiger partial charge in [0.2, 0.25) is 0 Å². The van der Waals surface area contributed by atoms with Gasteiger partial charge in [-0.05, 0) is 19.1 Å².